The molecular formula is C21H25BrN2O4. The number of carbonyl (C=O) groups is 1. The number of rotatable bonds is 6. The average molecular weight is 449 g/mol. The van der Waals surface area contributed by atoms with Gasteiger partial charge in [0.2, 0.25) is 5.91 Å². The molecule has 0 aliphatic carbocycles. The molecule has 3 rings (SSSR count). The molecule has 0 aromatic heterocycles. The van der Waals surface area contributed by atoms with E-state index >= 15 is 0 Å². The summed E-state index contributed by atoms with van der Waals surface area (Å²) in [5.41, 5.74) is 1.78. The fourth-order valence-corrected chi connectivity index (χ4v) is 3.67. The summed E-state index contributed by atoms with van der Waals surface area (Å²) in [6.07, 6.45) is -0.0532. The number of hydrogen-bond donors (Lipinski definition) is 1. The van der Waals surface area contributed by atoms with Crippen LogP contribution in [0.25, 0.3) is 0 Å². The first-order valence-corrected chi connectivity index (χ1v) is 9.95. The van der Waals surface area contributed by atoms with Crippen molar-refractivity contribution in [2.45, 2.75) is 19.1 Å². The summed E-state index contributed by atoms with van der Waals surface area (Å²) in [7, 11) is 3.15. The summed E-state index contributed by atoms with van der Waals surface area (Å²) in [4.78, 5) is 14.9. The van der Waals surface area contributed by atoms with Crippen molar-refractivity contribution < 1.29 is 19.0 Å². The van der Waals surface area contributed by atoms with Crippen LogP contribution in [0.15, 0.2) is 46.9 Å². The maximum absolute atomic E-state index is 12.8. The van der Waals surface area contributed by atoms with Gasteiger partial charge in [0.05, 0.1) is 33.0 Å². The Morgan fingerprint density at radius 3 is 2.71 bits per heavy atom. The van der Waals surface area contributed by atoms with E-state index in [0.29, 0.717) is 36.9 Å². The summed E-state index contributed by atoms with van der Waals surface area (Å²) < 4.78 is 17.5. The van der Waals surface area contributed by atoms with Crippen LogP contribution in [0.3, 0.4) is 0 Å². The maximum Gasteiger partial charge on any atom is 0.241 e. The highest BCUT2D eigenvalue weighted by atomic mass is 79.9. The molecule has 6 nitrogen and oxygen atoms in total. The minimum atomic E-state index is -0.286. The van der Waals surface area contributed by atoms with Crippen LogP contribution in [0.1, 0.15) is 18.6 Å². The number of amides is 1. The van der Waals surface area contributed by atoms with Crippen LogP contribution in [0.4, 0.5) is 5.69 Å². The van der Waals surface area contributed by atoms with Gasteiger partial charge in [-0.25, -0.2) is 0 Å². The lowest BCUT2D eigenvalue weighted by Gasteiger charge is -2.36. The lowest BCUT2D eigenvalue weighted by molar-refractivity contribution is -0.124. The van der Waals surface area contributed by atoms with Crippen molar-refractivity contribution in [3.63, 3.8) is 0 Å². The molecule has 2 aromatic carbocycles. The van der Waals surface area contributed by atoms with E-state index in [9.17, 15) is 4.79 Å². The second kappa shape index (κ2) is 9.41. The summed E-state index contributed by atoms with van der Waals surface area (Å²) in [5.74, 6) is 1.13. The Labute approximate surface area is 173 Å². The molecule has 1 saturated heterocycles. The molecule has 2 atom stereocenters. The normalized spacial score (nSPS) is 18.4. The van der Waals surface area contributed by atoms with Gasteiger partial charge in [-0.1, -0.05) is 28.1 Å². The van der Waals surface area contributed by atoms with Gasteiger partial charge in [-0.2, -0.15) is 0 Å². The lowest BCUT2D eigenvalue weighted by Crippen LogP contribution is -2.48. The predicted molar refractivity (Wildman–Crippen MR) is 112 cm³/mol. The van der Waals surface area contributed by atoms with Crippen molar-refractivity contribution in [1.29, 1.82) is 0 Å². The molecule has 1 aliphatic rings. The third-order valence-electron chi connectivity index (χ3n) is 4.90. The van der Waals surface area contributed by atoms with E-state index in [2.05, 4.69) is 32.2 Å². The second-order valence-electron chi connectivity index (χ2n) is 6.64. The number of nitrogens with one attached hydrogen (secondary N) is 1. The topological polar surface area (TPSA) is 60.0 Å². The van der Waals surface area contributed by atoms with Crippen molar-refractivity contribution in [2.75, 3.05) is 39.2 Å². The molecule has 0 radical (unpaired) electrons. The standard InChI is InChI=1S/C21H25BrN2O4/c1-14(21(25)23-17-7-8-18(26-2)19(12-17)27-3)24-9-10-28-20(13-24)15-5-4-6-16(22)11-15/h4-8,11-12,14,20H,9-10,13H2,1-3H3,(H,23,25). The fourth-order valence-electron chi connectivity index (χ4n) is 3.26. The van der Waals surface area contributed by atoms with Gasteiger partial charge >= 0.3 is 0 Å². The summed E-state index contributed by atoms with van der Waals surface area (Å²) in [6.45, 7) is 3.88. The van der Waals surface area contributed by atoms with Crippen molar-refractivity contribution in [2.24, 2.45) is 0 Å². The predicted octanol–water partition coefficient (Wildman–Crippen LogP) is 3.87. The Hall–Kier alpha value is -2.09. The van der Waals surface area contributed by atoms with Crippen LogP contribution < -0.4 is 14.8 Å². The molecule has 1 fully saturated rings. The first kappa shape index (κ1) is 20.6. The van der Waals surface area contributed by atoms with Gasteiger partial charge in [0.1, 0.15) is 0 Å². The van der Waals surface area contributed by atoms with Crippen LogP contribution in [-0.2, 0) is 9.53 Å². The molecule has 0 spiro atoms. The van der Waals surface area contributed by atoms with Gasteiger partial charge in [0, 0.05) is 29.3 Å². The highest BCUT2D eigenvalue weighted by Gasteiger charge is 2.29. The van der Waals surface area contributed by atoms with Crippen LogP contribution in [0.5, 0.6) is 11.5 Å². The van der Waals surface area contributed by atoms with Crippen molar-refractivity contribution >= 4 is 27.5 Å². The molecule has 7 heteroatoms. The number of methoxy groups -OCH3 is 2. The molecule has 1 heterocycles. The highest BCUT2D eigenvalue weighted by Crippen LogP contribution is 2.30. The number of ether oxygens (including phenoxy) is 3. The zero-order valence-electron chi connectivity index (χ0n) is 16.3. The average Bonchev–Trinajstić information content (AvgIpc) is 2.73. The largest absolute Gasteiger partial charge is 0.493 e. The minimum Gasteiger partial charge on any atom is -0.493 e. The molecule has 2 unspecified atom stereocenters. The zero-order chi connectivity index (χ0) is 20.1. The maximum atomic E-state index is 12.8. The second-order valence-corrected chi connectivity index (χ2v) is 7.56. The number of anilines is 1. The third-order valence-corrected chi connectivity index (χ3v) is 5.39. The summed E-state index contributed by atoms with van der Waals surface area (Å²) in [5, 5.41) is 2.96. The fraction of sp³-hybridized carbons (Fsp3) is 0.381. The van der Waals surface area contributed by atoms with Crippen molar-refractivity contribution in [3.8, 4) is 11.5 Å². The number of benzene rings is 2. The highest BCUT2D eigenvalue weighted by molar-refractivity contribution is 9.10. The van der Waals surface area contributed by atoms with Gasteiger partial charge in [-0.3, -0.25) is 9.69 Å². The zero-order valence-corrected chi connectivity index (χ0v) is 17.9. The molecule has 0 bridgehead atoms. The molecule has 2 aromatic rings. The number of carbonyl (C=O) groups excluding carboxylic acids is 1. The Kier molecular flexibility index (Phi) is 6.93. The Bertz CT molecular complexity index is 830. The number of hydrogen-bond acceptors (Lipinski definition) is 5. The van der Waals surface area contributed by atoms with E-state index in [-0.39, 0.29) is 18.1 Å². The van der Waals surface area contributed by atoms with Crippen molar-refractivity contribution in [1.82, 2.24) is 4.90 Å². The minimum absolute atomic E-state index is 0.0532. The number of morpholine rings is 1. The third kappa shape index (κ3) is 4.84. The van der Waals surface area contributed by atoms with Crippen LogP contribution in [0.2, 0.25) is 0 Å². The Balaban J connectivity index is 1.65. The van der Waals surface area contributed by atoms with Gasteiger partial charge in [0.25, 0.3) is 0 Å². The van der Waals surface area contributed by atoms with Crippen LogP contribution >= 0.6 is 15.9 Å². The van der Waals surface area contributed by atoms with E-state index in [0.717, 1.165) is 10.0 Å². The lowest BCUT2D eigenvalue weighted by atomic mass is 10.1. The molecule has 1 amide bonds. The summed E-state index contributed by atoms with van der Waals surface area (Å²) in [6, 6.07) is 13.1. The molecule has 150 valence electrons. The van der Waals surface area contributed by atoms with Crippen molar-refractivity contribution in [3.05, 3.63) is 52.5 Å². The number of nitrogens with zero attached hydrogens (tertiary/aromatic N) is 1. The van der Waals surface area contributed by atoms with Crippen LogP contribution in [0, 0.1) is 0 Å². The molecule has 1 N–H and O–H groups in total. The van der Waals surface area contributed by atoms with Crippen LogP contribution in [-0.4, -0.2) is 50.8 Å². The van der Waals surface area contributed by atoms with Gasteiger partial charge < -0.3 is 19.5 Å². The van der Waals surface area contributed by atoms with E-state index in [1.165, 1.54) is 0 Å². The Morgan fingerprint density at radius 1 is 1.21 bits per heavy atom. The molecule has 28 heavy (non-hydrogen) atoms. The van der Waals surface area contributed by atoms with Gasteiger partial charge in [0.15, 0.2) is 11.5 Å². The van der Waals surface area contributed by atoms with E-state index in [1.54, 1.807) is 32.4 Å². The SMILES string of the molecule is COc1ccc(NC(=O)C(C)N2CCOC(c3cccc(Br)c3)C2)cc1OC. The van der Waals surface area contributed by atoms with E-state index in [4.69, 9.17) is 14.2 Å². The Morgan fingerprint density at radius 2 is 2.00 bits per heavy atom. The summed E-state index contributed by atoms with van der Waals surface area (Å²) >= 11 is 3.50. The van der Waals surface area contributed by atoms with E-state index in [1.807, 2.05) is 25.1 Å². The van der Waals surface area contributed by atoms with E-state index < -0.39 is 0 Å². The van der Waals surface area contributed by atoms with Gasteiger partial charge in [-0.05, 0) is 36.8 Å². The monoisotopic (exact) mass is 448 g/mol. The van der Waals surface area contributed by atoms with Gasteiger partial charge in [-0.15, -0.1) is 0 Å². The smallest absolute Gasteiger partial charge is 0.241 e. The molecule has 0 saturated carbocycles. The molecule has 1 aliphatic heterocycles. The first-order chi connectivity index (χ1) is 13.5. The number of halogens is 1. The first-order valence-electron chi connectivity index (χ1n) is 9.16. The molecular weight excluding hydrogens is 424 g/mol. The quantitative estimate of drug-likeness (QED) is 0.726.